The highest BCUT2D eigenvalue weighted by molar-refractivity contribution is 5.89. The predicted octanol–water partition coefficient (Wildman–Crippen LogP) is -1.27. The molecule has 4 heterocycles. The first-order valence-corrected chi connectivity index (χ1v) is 31.1. The monoisotopic (exact) mass is 1270 g/mol. The van der Waals surface area contributed by atoms with Gasteiger partial charge in [-0.15, -0.1) is 0 Å². The number of carboxylic acid groups (broad SMARTS) is 1. The number of aliphatic hydroxyl groups is 13. The second kappa shape index (κ2) is 26.2. The van der Waals surface area contributed by atoms with Gasteiger partial charge in [-0.05, 0) is 107 Å². The van der Waals surface area contributed by atoms with Gasteiger partial charge < -0.3 is 119 Å². The van der Waals surface area contributed by atoms with E-state index in [1.807, 2.05) is 20.8 Å². The topological polar surface area (TPSA) is 427 Å². The van der Waals surface area contributed by atoms with Gasteiger partial charge in [0.1, 0.15) is 85.5 Å². The molecular formula is C62H96O27. The van der Waals surface area contributed by atoms with E-state index >= 15 is 0 Å². The molecule has 0 aromatic heterocycles. The zero-order chi connectivity index (χ0) is 65.6. The summed E-state index contributed by atoms with van der Waals surface area (Å²) >= 11 is 0. The highest BCUT2D eigenvalue weighted by atomic mass is 16.8. The number of ether oxygens (including phenoxy) is 10. The summed E-state index contributed by atoms with van der Waals surface area (Å²) in [6, 6.07) is 0. The van der Waals surface area contributed by atoms with Crippen molar-refractivity contribution >= 4 is 17.9 Å². The summed E-state index contributed by atoms with van der Waals surface area (Å²) < 4.78 is 61.2. The van der Waals surface area contributed by atoms with E-state index in [4.69, 9.17) is 47.4 Å². The number of aliphatic hydroxyl groups excluding tert-OH is 13. The Labute approximate surface area is 517 Å². The van der Waals surface area contributed by atoms with Crippen molar-refractivity contribution in [3.05, 3.63) is 34.9 Å². The third-order valence-electron chi connectivity index (χ3n) is 23.1. The van der Waals surface area contributed by atoms with Crippen molar-refractivity contribution in [3.63, 3.8) is 0 Å². The third-order valence-corrected chi connectivity index (χ3v) is 23.1. The van der Waals surface area contributed by atoms with Crippen molar-refractivity contribution in [3.8, 4) is 0 Å². The standard InChI is InChI=1S/C62H96O27/c1-11-26(3)51(78)88-48-49(89-52(79)27(4)12-2)62(25-65)29(19-57(48,5)6)28-13-14-34-58(7)17-16-36(59(8,24-64)33(58)15-18-60(34,9)61(28,10)20-35(62)68)83-56-47(87-54-42(74)40(72)39(71)32(21-63)82-54)44(43(75)45(85-56)50(76)77)84-55-46(38(70)31(67)23-81-55)86-53-41(73)37(69)30(66)22-80-53/h11-13,29-49,53-56,63-75H,14-25H2,1-10H3,(H,76,77)/t29-,30+,31-,32+,33+,34+,35+,36-,37-,38-,39-,40-,41+,42+,43-,44-,45-,46+,47+,48-,49-,53-,54-,55-,56+,58-,59-,60+,61+,62-/m0/s1. The molecule has 27 heteroatoms. The van der Waals surface area contributed by atoms with Crippen molar-refractivity contribution < 1.29 is 133 Å². The molecule has 0 unspecified atom stereocenters. The van der Waals surface area contributed by atoms with Gasteiger partial charge in [-0.1, -0.05) is 65.3 Å². The number of hydrogen-bond donors (Lipinski definition) is 14. The van der Waals surface area contributed by atoms with E-state index in [1.54, 1.807) is 39.8 Å². The molecule has 8 fully saturated rings. The molecule has 14 N–H and O–H groups in total. The molecular weight excluding hydrogens is 1180 g/mol. The van der Waals surface area contributed by atoms with E-state index in [0.29, 0.717) is 37.7 Å². The van der Waals surface area contributed by atoms with Gasteiger partial charge in [-0.2, -0.15) is 0 Å². The van der Waals surface area contributed by atoms with Crippen LogP contribution in [0, 0.1) is 50.2 Å². The number of aliphatic carboxylic acids is 1. The van der Waals surface area contributed by atoms with Crippen LogP contribution in [0.1, 0.15) is 114 Å². The fourth-order valence-corrected chi connectivity index (χ4v) is 17.3. The molecule has 5 aliphatic carbocycles. The smallest absolute Gasteiger partial charge is 0.335 e. The summed E-state index contributed by atoms with van der Waals surface area (Å²) in [5.41, 5.74) is -3.86. The predicted molar refractivity (Wildman–Crippen MR) is 303 cm³/mol. The van der Waals surface area contributed by atoms with Gasteiger partial charge in [0.2, 0.25) is 0 Å². The lowest BCUT2D eigenvalue weighted by Gasteiger charge is -2.72. The number of carboxylic acids is 1. The summed E-state index contributed by atoms with van der Waals surface area (Å²) in [7, 11) is 0. The fourth-order valence-electron chi connectivity index (χ4n) is 17.3. The van der Waals surface area contributed by atoms with Crippen molar-refractivity contribution in [2.45, 2.75) is 249 Å². The van der Waals surface area contributed by atoms with Crippen LogP contribution >= 0.6 is 0 Å². The molecule has 0 radical (unpaired) electrons. The molecule has 27 nitrogen and oxygen atoms in total. The minimum atomic E-state index is -2.26. The van der Waals surface area contributed by atoms with E-state index in [-0.39, 0.29) is 30.3 Å². The van der Waals surface area contributed by atoms with E-state index < -0.39 is 224 Å². The van der Waals surface area contributed by atoms with Crippen molar-refractivity contribution in [2.75, 3.05) is 33.0 Å². The lowest BCUT2D eigenvalue weighted by atomic mass is 9.33. The molecule has 0 bridgehead atoms. The fraction of sp³-hybridized carbons (Fsp3) is 0.855. The van der Waals surface area contributed by atoms with Crippen LogP contribution in [-0.4, -0.2) is 257 Å². The maximum atomic E-state index is 13.9. The van der Waals surface area contributed by atoms with Crippen LogP contribution < -0.4 is 0 Å². The first-order valence-electron chi connectivity index (χ1n) is 31.1. The Morgan fingerprint density at radius 3 is 1.79 bits per heavy atom. The van der Waals surface area contributed by atoms with E-state index in [1.165, 1.54) is 0 Å². The van der Waals surface area contributed by atoms with Crippen LogP contribution in [-0.2, 0) is 61.8 Å². The Hall–Kier alpha value is -3.21. The van der Waals surface area contributed by atoms with Gasteiger partial charge in [-0.3, -0.25) is 0 Å². The molecule has 0 aromatic carbocycles. The molecule has 506 valence electrons. The zero-order valence-corrected chi connectivity index (χ0v) is 52.2. The lowest BCUT2D eigenvalue weighted by molar-refractivity contribution is -0.400. The quantitative estimate of drug-likeness (QED) is 0.0371. The Bertz CT molecular complexity index is 2650. The maximum Gasteiger partial charge on any atom is 0.335 e. The van der Waals surface area contributed by atoms with Crippen LogP contribution in [0.3, 0.4) is 0 Å². The molecule has 0 aromatic rings. The van der Waals surface area contributed by atoms with Gasteiger partial charge in [0, 0.05) is 22.0 Å². The molecule has 0 amide bonds. The molecule has 0 spiro atoms. The number of hydrogen-bond acceptors (Lipinski definition) is 26. The number of rotatable bonds is 16. The Morgan fingerprint density at radius 1 is 0.607 bits per heavy atom. The van der Waals surface area contributed by atoms with Crippen molar-refractivity contribution in [2.24, 2.45) is 50.2 Å². The largest absolute Gasteiger partial charge is 0.479 e. The SMILES string of the molecule is CC=C(C)C(=O)O[C@H]1[C@H](OC(=O)C(C)=CC)[C@]2(CO)[C@H](O)C[C@]3(C)C(=CC[C@@H]4[C@@]5(C)CC[C@H](O[C@@H]6O[C@H](C(=O)O)[C@@H](O)[C@H](O[C@@H]7OC[C@H](O)[C@H](O)[C@H]7O[C@@H]7OC[C@@H](O)[C@H](O)[C@H]7O)[C@H]6O[C@@H]6O[C@H](CO)[C@H](O)[C@H](O)[C@H]6O)[C@@](C)(CO)[C@@H]5CC[C@]43C)[C@@H]2CC1(C)C. The first-order chi connectivity index (χ1) is 41.7. The van der Waals surface area contributed by atoms with Crippen LogP contribution in [0.25, 0.3) is 0 Å². The van der Waals surface area contributed by atoms with Crippen LogP contribution in [0.2, 0.25) is 0 Å². The summed E-state index contributed by atoms with van der Waals surface area (Å²) in [6.45, 7) is 15.7. The van der Waals surface area contributed by atoms with Crippen molar-refractivity contribution in [1.29, 1.82) is 0 Å². The second-order valence-electron chi connectivity index (χ2n) is 28.2. The molecule has 4 aliphatic heterocycles. The van der Waals surface area contributed by atoms with E-state index in [9.17, 15) is 85.9 Å². The minimum Gasteiger partial charge on any atom is -0.479 e. The highest BCUT2D eigenvalue weighted by Crippen LogP contribution is 2.76. The lowest BCUT2D eigenvalue weighted by Crippen LogP contribution is -2.72. The summed E-state index contributed by atoms with van der Waals surface area (Å²) in [5, 5.41) is 156. The molecule has 4 saturated carbocycles. The molecule has 9 aliphatic rings. The Morgan fingerprint density at radius 2 is 1.19 bits per heavy atom. The van der Waals surface area contributed by atoms with Gasteiger partial charge in [0.05, 0.1) is 50.7 Å². The van der Waals surface area contributed by atoms with Crippen LogP contribution in [0.15, 0.2) is 34.9 Å². The van der Waals surface area contributed by atoms with Crippen molar-refractivity contribution in [1.82, 2.24) is 0 Å². The second-order valence-corrected chi connectivity index (χ2v) is 28.2. The molecule has 89 heavy (non-hydrogen) atoms. The summed E-state index contributed by atoms with van der Waals surface area (Å²) in [4.78, 5) is 40.7. The normalized spacial score (nSPS) is 50.1. The van der Waals surface area contributed by atoms with Crippen LogP contribution in [0.4, 0.5) is 0 Å². The Balaban J connectivity index is 1.06. The summed E-state index contributed by atoms with van der Waals surface area (Å²) in [5.74, 6) is -4.09. The zero-order valence-electron chi connectivity index (χ0n) is 52.2. The number of carbonyl (C=O) groups is 3. The highest BCUT2D eigenvalue weighted by Gasteiger charge is 2.74. The third kappa shape index (κ3) is 11.7. The van der Waals surface area contributed by atoms with Crippen LogP contribution in [0.5, 0.6) is 0 Å². The van der Waals surface area contributed by atoms with E-state index in [2.05, 4.69) is 26.8 Å². The molecule has 30 atom stereocenters. The molecule has 4 saturated heterocycles. The maximum absolute atomic E-state index is 13.9. The number of carbonyl (C=O) groups excluding carboxylic acids is 2. The minimum absolute atomic E-state index is 0.131. The number of allylic oxidation sites excluding steroid dienone is 4. The Kier molecular flexibility index (Phi) is 20.6. The summed E-state index contributed by atoms with van der Waals surface area (Å²) in [6.07, 6.45) is -31.0. The number of esters is 2. The average Bonchev–Trinajstić information content (AvgIpc) is 0.672. The van der Waals surface area contributed by atoms with E-state index in [0.717, 1.165) is 5.57 Å². The van der Waals surface area contributed by atoms with Gasteiger partial charge in [-0.25, -0.2) is 14.4 Å². The van der Waals surface area contributed by atoms with Gasteiger partial charge in [0.25, 0.3) is 0 Å². The van der Waals surface area contributed by atoms with Gasteiger partial charge >= 0.3 is 17.9 Å². The molecule has 9 rings (SSSR count). The number of fused-ring (bicyclic) bond motifs is 7. The first kappa shape index (κ1) is 70.1. The van der Waals surface area contributed by atoms with Gasteiger partial charge in [0.15, 0.2) is 37.4 Å². The average molecular weight is 1270 g/mol.